The van der Waals surface area contributed by atoms with Gasteiger partial charge in [-0.1, -0.05) is 42.5 Å². The van der Waals surface area contributed by atoms with E-state index >= 15 is 0 Å². The number of benzene rings is 1. The molecular weight excluding hydrogens is 411 g/mol. The molecule has 31 heavy (non-hydrogen) atoms. The molecular formula is C22H30F3N3O3. The lowest BCUT2D eigenvalue weighted by atomic mass is 10.0. The molecule has 0 aliphatic heterocycles. The summed E-state index contributed by atoms with van der Waals surface area (Å²) in [4.78, 5) is 24.7. The Hall–Kier alpha value is -2.39. The van der Waals surface area contributed by atoms with Crippen molar-refractivity contribution >= 4 is 11.8 Å². The summed E-state index contributed by atoms with van der Waals surface area (Å²) in [7, 11) is 0. The van der Waals surface area contributed by atoms with Crippen LogP contribution in [0.15, 0.2) is 42.5 Å². The molecule has 4 N–H and O–H groups in total. The normalized spacial score (nSPS) is 21.1. The lowest BCUT2D eigenvalue weighted by Crippen LogP contribution is -2.46. The van der Waals surface area contributed by atoms with Crippen molar-refractivity contribution in [3.8, 4) is 0 Å². The third-order valence-corrected chi connectivity index (χ3v) is 5.32. The van der Waals surface area contributed by atoms with Crippen LogP contribution >= 0.6 is 0 Å². The molecule has 0 aromatic heterocycles. The number of nitrogens with two attached hydrogens (primary N) is 1. The number of halogens is 3. The predicted molar refractivity (Wildman–Crippen MR) is 111 cm³/mol. The predicted octanol–water partition coefficient (Wildman–Crippen LogP) is 2.31. The highest BCUT2D eigenvalue weighted by Gasteiger charge is 2.45. The van der Waals surface area contributed by atoms with Crippen molar-refractivity contribution in [3.63, 3.8) is 0 Å². The van der Waals surface area contributed by atoms with E-state index in [0.29, 0.717) is 25.7 Å². The van der Waals surface area contributed by atoms with Crippen LogP contribution in [0.1, 0.15) is 38.2 Å². The fourth-order valence-corrected chi connectivity index (χ4v) is 3.61. The van der Waals surface area contributed by atoms with Gasteiger partial charge in [-0.05, 0) is 44.6 Å². The number of aliphatic hydroxyl groups is 1. The molecule has 0 saturated heterocycles. The first-order valence-electron chi connectivity index (χ1n) is 10.4. The monoisotopic (exact) mass is 441 g/mol. The number of rotatable bonds is 9. The van der Waals surface area contributed by atoms with Gasteiger partial charge in [0.15, 0.2) is 0 Å². The topological polar surface area (TPSA) is 95.7 Å². The number of nitrogens with zero attached hydrogens (tertiary/aromatic N) is 1. The number of carbonyl (C=O) groups excluding carboxylic acids is 2. The maximum absolute atomic E-state index is 13.1. The summed E-state index contributed by atoms with van der Waals surface area (Å²) in [6.07, 6.45) is -0.664. The van der Waals surface area contributed by atoms with Crippen LogP contribution in [0.4, 0.5) is 13.2 Å². The molecule has 2 amide bonds. The second-order valence-corrected chi connectivity index (χ2v) is 7.93. The van der Waals surface area contributed by atoms with Gasteiger partial charge in [0, 0.05) is 18.6 Å². The SMILES string of the molecule is C[C@H](N)C(=O)N[C@H](/C=C/CN(C(=O)C(F)(F)F)[C@H]1CC[C@H](O)C1)CCc1ccccc1. The van der Waals surface area contributed by atoms with Crippen molar-refractivity contribution in [1.82, 2.24) is 10.2 Å². The van der Waals surface area contributed by atoms with Crippen LogP contribution in [0, 0.1) is 0 Å². The van der Waals surface area contributed by atoms with Crippen LogP contribution in [0.2, 0.25) is 0 Å². The van der Waals surface area contributed by atoms with E-state index in [1.54, 1.807) is 13.0 Å². The van der Waals surface area contributed by atoms with Gasteiger partial charge in [0.25, 0.3) is 0 Å². The molecule has 0 radical (unpaired) electrons. The molecule has 1 saturated carbocycles. The maximum Gasteiger partial charge on any atom is 0.471 e. The summed E-state index contributed by atoms with van der Waals surface area (Å²) in [5, 5.41) is 12.5. The van der Waals surface area contributed by atoms with E-state index in [1.165, 1.54) is 6.08 Å². The Bertz CT molecular complexity index is 753. The van der Waals surface area contributed by atoms with E-state index in [9.17, 15) is 27.9 Å². The molecule has 2 rings (SSSR count). The molecule has 1 aromatic carbocycles. The summed E-state index contributed by atoms with van der Waals surface area (Å²) < 4.78 is 39.2. The second kappa shape index (κ2) is 11.3. The Morgan fingerprint density at radius 3 is 2.52 bits per heavy atom. The van der Waals surface area contributed by atoms with Crippen molar-refractivity contribution in [2.45, 2.75) is 69.4 Å². The molecule has 1 aliphatic rings. The Morgan fingerprint density at radius 1 is 1.29 bits per heavy atom. The van der Waals surface area contributed by atoms with E-state index < -0.39 is 36.3 Å². The molecule has 172 valence electrons. The minimum atomic E-state index is -4.99. The third-order valence-electron chi connectivity index (χ3n) is 5.32. The number of hydrogen-bond acceptors (Lipinski definition) is 4. The van der Waals surface area contributed by atoms with E-state index in [0.717, 1.165) is 10.5 Å². The quantitative estimate of drug-likeness (QED) is 0.513. The maximum atomic E-state index is 13.1. The van der Waals surface area contributed by atoms with Crippen molar-refractivity contribution in [2.24, 2.45) is 5.73 Å². The van der Waals surface area contributed by atoms with E-state index in [-0.39, 0.29) is 18.9 Å². The molecule has 0 spiro atoms. The Morgan fingerprint density at radius 2 is 1.97 bits per heavy atom. The zero-order valence-electron chi connectivity index (χ0n) is 17.5. The summed E-state index contributed by atoms with van der Waals surface area (Å²) >= 11 is 0. The fraction of sp³-hybridized carbons (Fsp3) is 0.545. The molecule has 0 bridgehead atoms. The molecule has 1 fully saturated rings. The lowest BCUT2D eigenvalue weighted by molar-refractivity contribution is -0.187. The van der Waals surface area contributed by atoms with Crippen molar-refractivity contribution in [2.75, 3.05) is 6.54 Å². The number of aliphatic hydroxyl groups excluding tert-OH is 1. The highest BCUT2D eigenvalue weighted by Crippen LogP contribution is 2.28. The zero-order chi connectivity index (χ0) is 23.0. The second-order valence-electron chi connectivity index (χ2n) is 7.93. The summed E-state index contributed by atoms with van der Waals surface area (Å²) in [6.45, 7) is 1.29. The molecule has 4 atom stereocenters. The fourth-order valence-electron chi connectivity index (χ4n) is 3.61. The van der Waals surface area contributed by atoms with E-state index in [4.69, 9.17) is 5.73 Å². The van der Waals surface area contributed by atoms with E-state index in [1.807, 2.05) is 30.3 Å². The number of carbonyl (C=O) groups is 2. The van der Waals surface area contributed by atoms with Gasteiger partial charge < -0.3 is 21.1 Å². The standard InChI is InChI=1S/C22H30F3N3O3/c1-15(26)20(30)27-17(10-9-16-6-3-2-4-7-16)8-5-13-28(21(31)22(23,24)25)18-11-12-19(29)14-18/h2-8,15,17-19,29H,9-14,26H2,1H3,(H,27,30)/b8-5+/t15-,17+,18-,19-/m0/s1. The first kappa shape index (κ1) is 24.9. The van der Waals surface area contributed by atoms with Crippen LogP contribution in [0.5, 0.6) is 0 Å². The van der Waals surface area contributed by atoms with Gasteiger partial charge >= 0.3 is 12.1 Å². The first-order valence-corrected chi connectivity index (χ1v) is 10.4. The number of nitrogens with one attached hydrogen (secondary N) is 1. The highest BCUT2D eigenvalue weighted by atomic mass is 19.4. The van der Waals surface area contributed by atoms with Crippen LogP contribution in [0.3, 0.4) is 0 Å². The van der Waals surface area contributed by atoms with Gasteiger partial charge in [-0.15, -0.1) is 0 Å². The molecule has 0 unspecified atom stereocenters. The van der Waals surface area contributed by atoms with Crippen molar-refractivity contribution in [3.05, 3.63) is 48.0 Å². The lowest BCUT2D eigenvalue weighted by Gasteiger charge is -2.29. The van der Waals surface area contributed by atoms with Crippen LogP contribution in [0.25, 0.3) is 0 Å². The van der Waals surface area contributed by atoms with Crippen LogP contribution in [-0.4, -0.2) is 58.8 Å². The molecule has 0 heterocycles. The molecule has 6 nitrogen and oxygen atoms in total. The van der Waals surface area contributed by atoms with Crippen LogP contribution in [-0.2, 0) is 16.0 Å². The smallest absolute Gasteiger partial charge is 0.393 e. The van der Waals surface area contributed by atoms with Gasteiger partial charge in [-0.2, -0.15) is 13.2 Å². The molecule has 1 aliphatic carbocycles. The number of amides is 2. The molecule has 1 aromatic rings. The average molecular weight is 441 g/mol. The summed E-state index contributed by atoms with van der Waals surface area (Å²) in [6, 6.07) is 7.74. The third kappa shape index (κ3) is 7.99. The van der Waals surface area contributed by atoms with E-state index in [2.05, 4.69) is 5.32 Å². The molecule has 9 heteroatoms. The minimum Gasteiger partial charge on any atom is -0.393 e. The number of alkyl halides is 3. The van der Waals surface area contributed by atoms with Crippen molar-refractivity contribution in [1.29, 1.82) is 0 Å². The van der Waals surface area contributed by atoms with Gasteiger partial charge in [0.1, 0.15) is 0 Å². The highest BCUT2D eigenvalue weighted by molar-refractivity contribution is 5.82. The Labute approximate surface area is 180 Å². The Kier molecular flexibility index (Phi) is 9.06. The number of hydrogen-bond donors (Lipinski definition) is 3. The largest absolute Gasteiger partial charge is 0.471 e. The summed E-state index contributed by atoms with van der Waals surface area (Å²) in [5.41, 5.74) is 6.67. The van der Waals surface area contributed by atoms with Gasteiger partial charge in [-0.3, -0.25) is 9.59 Å². The van der Waals surface area contributed by atoms with Crippen molar-refractivity contribution < 1.29 is 27.9 Å². The first-order chi connectivity index (χ1) is 14.6. The Balaban J connectivity index is 2.08. The zero-order valence-corrected chi connectivity index (χ0v) is 17.5. The van der Waals surface area contributed by atoms with Gasteiger partial charge in [-0.25, -0.2) is 0 Å². The summed E-state index contributed by atoms with van der Waals surface area (Å²) in [5.74, 6) is -2.29. The minimum absolute atomic E-state index is 0.120. The van der Waals surface area contributed by atoms with Gasteiger partial charge in [0.2, 0.25) is 5.91 Å². The van der Waals surface area contributed by atoms with Crippen LogP contribution < -0.4 is 11.1 Å². The van der Waals surface area contributed by atoms with Gasteiger partial charge in [0.05, 0.1) is 12.1 Å². The number of aryl methyl sites for hydroxylation is 1. The average Bonchev–Trinajstić information content (AvgIpc) is 3.14.